The summed E-state index contributed by atoms with van der Waals surface area (Å²) in [7, 11) is 0. The maximum Gasteiger partial charge on any atom is 0.274 e. The molecule has 0 aliphatic heterocycles. The minimum atomic E-state index is -0.242. The lowest BCUT2D eigenvalue weighted by atomic mass is 10.0. The molecule has 2 rings (SSSR count). The van der Waals surface area contributed by atoms with E-state index in [1.807, 2.05) is 44.2 Å². The van der Waals surface area contributed by atoms with Gasteiger partial charge in [-0.05, 0) is 18.4 Å². The summed E-state index contributed by atoms with van der Waals surface area (Å²) in [5, 5.41) is 9.78. The standard InChI is InChI=1S/C15H20N4O/c1-3-11(10-8-6-5-7-9-10)17-15(20)14-13(16)12(4-2)18-19-14/h5-9,11H,3-4,16H2,1-2H3,(H,17,20)(H,18,19). The highest BCUT2D eigenvalue weighted by Gasteiger charge is 2.19. The molecule has 0 fully saturated rings. The molecular formula is C15H20N4O. The van der Waals surface area contributed by atoms with Gasteiger partial charge in [0.15, 0.2) is 5.69 Å². The lowest BCUT2D eigenvalue weighted by Gasteiger charge is -2.16. The van der Waals surface area contributed by atoms with Crippen molar-refractivity contribution in [3.05, 3.63) is 47.3 Å². The van der Waals surface area contributed by atoms with E-state index in [4.69, 9.17) is 5.73 Å². The highest BCUT2D eigenvalue weighted by Crippen LogP contribution is 2.19. The van der Waals surface area contributed by atoms with Crippen LogP contribution in [-0.2, 0) is 6.42 Å². The van der Waals surface area contributed by atoms with Crippen LogP contribution in [0, 0.1) is 0 Å². The number of nitrogens with one attached hydrogen (secondary N) is 2. The normalized spacial score (nSPS) is 12.1. The average molecular weight is 272 g/mol. The van der Waals surface area contributed by atoms with Gasteiger partial charge in [0.1, 0.15) is 0 Å². The van der Waals surface area contributed by atoms with E-state index in [0.717, 1.165) is 24.1 Å². The Labute approximate surface area is 118 Å². The Bertz CT molecular complexity index is 577. The van der Waals surface area contributed by atoms with E-state index in [9.17, 15) is 4.79 Å². The van der Waals surface area contributed by atoms with E-state index in [-0.39, 0.29) is 17.6 Å². The summed E-state index contributed by atoms with van der Waals surface area (Å²) in [6, 6.07) is 9.84. The lowest BCUT2D eigenvalue weighted by Crippen LogP contribution is -2.29. The third-order valence-corrected chi connectivity index (χ3v) is 3.37. The van der Waals surface area contributed by atoms with Crippen molar-refractivity contribution >= 4 is 11.6 Å². The average Bonchev–Trinajstić information content (AvgIpc) is 2.86. The van der Waals surface area contributed by atoms with Gasteiger partial charge in [-0.2, -0.15) is 5.10 Å². The van der Waals surface area contributed by atoms with E-state index < -0.39 is 0 Å². The molecule has 0 aliphatic rings. The van der Waals surface area contributed by atoms with Gasteiger partial charge in [0.05, 0.1) is 17.4 Å². The molecule has 1 atom stereocenters. The van der Waals surface area contributed by atoms with Crippen LogP contribution in [0.1, 0.15) is 48.1 Å². The van der Waals surface area contributed by atoms with Crippen LogP contribution in [0.4, 0.5) is 5.69 Å². The number of aromatic nitrogens is 2. The molecule has 0 bridgehead atoms. The van der Waals surface area contributed by atoms with E-state index in [2.05, 4.69) is 15.5 Å². The van der Waals surface area contributed by atoms with Crippen LogP contribution in [0.5, 0.6) is 0 Å². The predicted molar refractivity (Wildman–Crippen MR) is 79.3 cm³/mol. The lowest BCUT2D eigenvalue weighted by molar-refractivity contribution is 0.0931. The number of anilines is 1. The van der Waals surface area contributed by atoms with Crippen molar-refractivity contribution < 1.29 is 4.79 Å². The van der Waals surface area contributed by atoms with Crippen molar-refractivity contribution in [1.29, 1.82) is 0 Å². The second-order valence-corrected chi connectivity index (χ2v) is 4.66. The zero-order valence-electron chi connectivity index (χ0n) is 11.8. The number of nitrogens with two attached hydrogens (primary N) is 1. The summed E-state index contributed by atoms with van der Waals surface area (Å²) < 4.78 is 0. The number of nitrogen functional groups attached to an aromatic ring is 1. The minimum Gasteiger partial charge on any atom is -0.395 e. The number of nitrogens with zero attached hydrogens (tertiary/aromatic N) is 1. The van der Waals surface area contributed by atoms with Crippen LogP contribution in [0.15, 0.2) is 30.3 Å². The topological polar surface area (TPSA) is 83.8 Å². The molecule has 2 aromatic rings. The molecule has 0 aliphatic carbocycles. The fourth-order valence-corrected chi connectivity index (χ4v) is 2.16. The van der Waals surface area contributed by atoms with E-state index >= 15 is 0 Å². The maximum atomic E-state index is 12.3. The molecule has 0 saturated carbocycles. The first kappa shape index (κ1) is 14.1. The number of amides is 1. The summed E-state index contributed by atoms with van der Waals surface area (Å²) in [6.45, 7) is 3.99. The number of hydrogen-bond acceptors (Lipinski definition) is 3. The molecule has 1 unspecified atom stereocenters. The molecule has 0 spiro atoms. The number of benzene rings is 1. The Hall–Kier alpha value is -2.30. The van der Waals surface area contributed by atoms with E-state index in [0.29, 0.717) is 5.69 Å². The number of rotatable bonds is 5. The highest BCUT2D eigenvalue weighted by atomic mass is 16.2. The van der Waals surface area contributed by atoms with Gasteiger partial charge in [-0.15, -0.1) is 0 Å². The van der Waals surface area contributed by atoms with Gasteiger partial charge in [0.2, 0.25) is 0 Å². The van der Waals surface area contributed by atoms with Gasteiger partial charge >= 0.3 is 0 Å². The largest absolute Gasteiger partial charge is 0.395 e. The van der Waals surface area contributed by atoms with Crippen LogP contribution in [0.25, 0.3) is 0 Å². The Morgan fingerprint density at radius 3 is 2.60 bits per heavy atom. The van der Waals surface area contributed by atoms with Gasteiger partial charge in [-0.25, -0.2) is 0 Å². The molecule has 5 heteroatoms. The first-order valence-corrected chi connectivity index (χ1v) is 6.85. The molecule has 106 valence electrons. The Morgan fingerprint density at radius 1 is 1.35 bits per heavy atom. The van der Waals surface area contributed by atoms with Gasteiger partial charge in [0.25, 0.3) is 5.91 Å². The molecule has 0 saturated heterocycles. The highest BCUT2D eigenvalue weighted by molar-refractivity contribution is 5.97. The van der Waals surface area contributed by atoms with Gasteiger partial charge < -0.3 is 11.1 Å². The van der Waals surface area contributed by atoms with Crippen molar-refractivity contribution in [2.45, 2.75) is 32.7 Å². The summed E-state index contributed by atoms with van der Waals surface area (Å²) in [6.07, 6.45) is 1.53. The van der Waals surface area contributed by atoms with Crippen molar-refractivity contribution in [2.75, 3.05) is 5.73 Å². The first-order valence-electron chi connectivity index (χ1n) is 6.85. The number of carbonyl (C=O) groups is 1. The third-order valence-electron chi connectivity index (χ3n) is 3.37. The molecule has 0 radical (unpaired) electrons. The van der Waals surface area contributed by atoms with Crippen molar-refractivity contribution in [1.82, 2.24) is 15.5 Å². The van der Waals surface area contributed by atoms with Crippen LogP contribution in [0.2, 0.25) is 0 Å². The summed E-state index contributed by atoms with van der Waals surface area (Å²) in [5.74, 6) is -0.242. The third kappa shape index (κ3) is 2.82. The maximum absolute atomic E-state index is 12.3. The first-order chi connectivity index (χ1) is 9.67. The Balaban J connectivity index is 2.15. The second-order valence-electron chi connectivity index (χ2n) is 4.66. The zero-order valence-corrected chi connectivity index (χ0v) is 11.8. The molecule has 1 heterocycles. The van der Waals surface area contributed by atoms with Crippen molar-refractivity contribution in [2.24, 2.45) is 0 Å². The molecule has 1 aromatic carbocycles. The second kappa shape index (κ2) is 6.23. The monoisotopic (exact) mass is 272 g/mol. The predicted octanol–water partition coefficient (Wildman–Crippen LogP) is 2.44. The Morgan fingerprint density at radius 2 is 2.05 bits per heavy atom. The van der Waals surface area contributed by atoms with Gasteiger partial charge in [-0.3, -0.25) is 9.89 Å². The van der Waals surface area contributed by atoms with Crippen LogP contribution < -0.4 is 11.1 Å². The molecule has 20 heavy (non-hydrogen) atoms. The van der Waals surface area contributed by atoms with Crippen LogP contribution >= 0.6 is 0 Å². The quantitative estimate of drug-likeness (QED) is 0.781. The summed E-state index contributed by atoms with van der Waals surface area (Å²) in [4.78, 5) is 12.3. The molecule has 5 nitrogen and oxygen atoms in total. The fourth-order valence-electron chi connectivity index (χ4n) is 2.16. The minimum absolute atomic E-state index is 0.0372. The molecule has 1 aromatic heterocycles. The summed E-state index contributed by atoms with van der Waals surface area (Å²) >= 11 is 0. The smallest absolute Gasteiger partial charge is 0.274 e. The van der Waals surface area contributed by atoms with Crippen molar-refractivity contribution in [3.63, 3.8) is 0 Å². The SMILES string of the molecule is CCc1[nH]nc(C(=O)NC(CC)c2ccccc2)c1N. The van der Waals surface area contributed by atoms with Crippen LogP contribution in [-0.4, -0.2) is 16.1 Å². The Kier molecular flexibility index (Phi) is 4.40. The summed E-state index contributed by atoms with van der Waals surface area (Å²) in [5.41, 5.74) is 8.50. The number of carbonyl (C=O) groups excluding carboxylic acids is 1. The van der Waals surface area contributed by atoms with E-state index in [1.165, 1.54) is 0 Å². The van der Waals surface area contributed by atoms with Gasteiger partial charge in [0, 0.05) is 0 Å². The fraction of sp³-hybridized carbons (Fsp3) is 0.333. The number of aromatic amines is 1. The van der Waals surface area contributed by atoms with E-state index in [1.54, 1.807) is 0 Å². The molecular weight excluding hydrogens is 252 g/mol. The number of hydrogen-bond donors (Lipinski definition) is 3. The zero-order chi connectivity index (χ0) is 14.5. The van der Waals surface area contributed by atoms with Crippen molar-refractivity contribution in [3.8, 4) is 0 Å². The van der Waals surface area contributed by atoms with Crippen LogP contribution in [0.3, 0.4) is 0 Å². The van der Waals surface area contributed by atoms with Gasteiger partial charge in [-0.1, -0.05) is 44.2 Å². The number of aryl methyl sites for hydroxylation is 1. The number of H-pyrrole nitrogens is 1. The molecule has 1 amide bonds. The molecule has 4 N–H and O–H groups in total.